The SMILES string of the molecule is CC1(Cc2ccc(OC(F)(F)F)cc2)CCCN1C(=O)C1CC(=O)N1. The summed E-state index contributed by atoms with van der Waals surface area (Å²) >= 11 is 0. The summed E-state index contributed by atoms with van der Waals surface area (Å²) in [6.07, 6.45) is -2.30. The summed E-state index contributed by atoms with van der Waals surface area (Å²) in [5, 5.41) is 2.60. The molecule has 5 nitrogen and oxygen atoms in total. The van der Waals surface area contributed by atoms with Crippen LogP contribution in [0.3, 0.4) is 0 Å². The van der Waals surface area contributed by atoms with Crippen LogP contribution in [0.2, 0.25) is 0 Å². The lowest BCUT2D eigenvalue weighted by Crippen LogP contribution is -2.60. The second kappa shape index (κ2) is 6.24. The molecule has 2 heterocycles. The topological polar surface area (TPSA) is 58.6 Å². The van der Waals surface area contributed by atoms with Crippen molar-refractivity contribution in [1.82, 2.24) is 10.2 Å². The lowest BCUT2D eigenvalue weighted by atomic mass is 9.89. The molecule has 1 N–H and O–H groups in total. The van der Waals surface area contributed by atoms with Crippen molar-refractivity contribution >= 4 is 11.8 Å². The highest BCUT2D eigenvalue weighted by Crippen LogP contribution is 2.34. The molecule has 25 heavy (non-hydrogen) atoms. The highest BCUT2D eigenvalue weighted by Gasteiger charge is 2.44. The maximum Gasteiger partial charge on any atom is 0.573 e. The molecule has 0 aliphatic carbocycles. The number of carbonyl (C=O) groups is 2. The molecule has 8 heteroatoms. The number of halogens is 3. The van der Waals surface area contributed by atoms with E-state index in [0.29, 0.717) is 13.0 Å². The second-order valence-electron chi connectivity index (χ2n) is 6.78. The third-order valence-corrected chi connectivity index (χ3v) is 4.78. The quantitative estimate of drug-likeness (QED) is 0.843. The van der Waals surface area contributed by atoms with E-state index in [1.54, 1.807) is 17.0 Å². The summed E-state index contributed by atoms with van der Waals surface area (Å²) in [6.45, 7) is 2.59. The van der Waals surface area contributed by atoms with Gasteiger partial charge in [-0.1, -0.05) is 12.1 Å². The van der Waals surface area contributed by atoms with Gasteiger partial charge in [0.25, 0.3) is 0 Å². The number of likely N-dealkylation sites (tertiary alicyclic amines) is 1. The third-order valence-electron chi connectivity index (χ3n) is 4.78. The minimum Gasteiger partial charge on any atom is -0.406 e. The van der Waals surface area contributed by atoms with Crippen LogP contribution in [-0.2, 0) is 16.0 Å². The van der Waals surface area contributed by atoms with Crippen LogP contribution in [0.25, 0.3) is 0 Å². The van der Waals surface area contributed by atoms with E-state index < -0.39 is 17.9 Å². The number of alkyl halides is 3. The van der Waals surface area contributed by atoms with Crippen molar-refractivity contribution in [3.63, 3.8) is 0 Å². The van der Waals surface area contributed by atoms with Gasteiger partial charge in [0.2, 0.25) is 11.8 Å². The normalized spacial score (nSPS) is 26.2. The van der Waals surface area contributed by atoms with Crippen molar-refractivity contribution in [2.24, 2.45) is 0 Å². The Hall–Kier alpha value is -2.25. The fourth-order valence-electron chi connectivity index (χ4n) is 3.53. The van der Waals surface area contributed by atoms with Gasteiger partial charge in [-0.25, -0.2) is 0 Å². The molecule has 1 aromatic carbocycles. The molecule has 2 saturated heterocycles. The van der Waals surface area contributed by atoms with Crippen LogP contribution in [0.1, 0.15) is 31.7 Å². The highest BCUT2D eigenvalue weighted by atomic mass is 19.4. The Bertz CT molecular complexity index is 667. The van der Waals surface area contributed by atoms with E-state index in [0.717, 1.165) is 18.4 Å². The number of nitrogens with one attached hydrogen (secondary N) is 1. The maximum absolute atomic E-state index is 12.6. The Morgan fingerprint density at radius 1 is 1.36 bits per heavy atom. The Morgan fingerprint density at radius 3 is 2.56 bits per heavy atom. The van der Waals surface area contributed by atoms with Crippen LogP contribution in [0.15, 0.2) is 24.3 Å². The van der Waals surface area contributed by atoms with Crippen LogP contribution in [-0.4, -0.2) is 41.2 Å². The Labute approximate surface area is 143 Å². The van der Waals surface area contributed by atoms with Gasteiger partial charge in [-0.15, -0.1) is 13.2 Å². The first-order chi connectivity index (χ1) is 11.7. The van der Waals surface area contributed by atoms with Gasteiger partial charge in [-0.3, -0.25) is 9.59 Å². The number of nitrogens with zero attached hydrogens (tertiary/aromatic N) is 1. The number of amides is 2. The van der Waals surface area contributed by atoms with Crippen molar-refractivity contribution in [2.45, 2.75) is 50.6 Å². The molecule has 2 unspecified atom stereocenters. The lowest BCUT2D eigenvalue weighted by molar-refractivity contribution is -0.274. The van der Waals surface area contributed by atoms with Crippen LogP contribution < -0.4 is 10.1 Å². The first-order valence-electron chi connectivity index (χ1n) is 8.12. The minimum atomic E-state index is -4.71. The van der Waals surface area contributed by atoms with Gasteiger partial charge in [0, 0.05) is 12.1 Å². The Morgan fingerprint density at radius 2 is 2.00 bits per heavy atom. The molecule has 2 atom stereocenters. The van der Waals surface area contributed by atoms with Gasteiger partial charge in [0.15, 0.2) is 0 Å². The number of β-lactam (4-membered cyclic amide) rings is 1. The van der Waals surface area contributed by atoms with Crippen LogP contribution in [0, 0.1) is 0 Å². The van der Waals surface area contributed by atoms with Gasteiger partial charge in [0.1, 0.15) is 11.8 Å². The van der Waals surface area contributed by atoms with Crippen LogP contribution in [0.4, 0.5) is 13.2 Å². The van der Waals surface area contributed by atoms with E-state index in [2.05, 4.69) is 10.1 Å². The molecule has 2 aliphatic rings. The fraction of sp³-hybridized carbons (Fsp3) is 0.529. The van der Waals surface area contributed by atoms with Gasteiger partial charge in [-0.05, 0) is 43.9 Å². The van der Waals surface area contributed by atoms with E-state index in [-0.39, 0.29) is 24.0 Å². The first kappa shape index (κ1) is 17.6. The number of hydrogen-bond acceptors (Lipinski definition) is 3. The predicted molar refractivity (Wildman–Crippen MR) is 82.7 cm³/mol. The number of hydrogen-bond donors (Lipinski definition) is 1. The molecule has 0 saturated carbocycles. The van der Waals surface area contributed by atoms with E-state index in [9.17, 15) is 22.8 Å². The van der Waals surface area contributed by atoms with E-state index in [1.807, 2.05) is 6.92 Å². The lowest BCUT2D eigenvalue weighted by Gasteiger charge is -2.39. The smallest absolute Gasteiger partial charge is 0.406 e. The molecule has 1 aromatic rings. The monoisotopic (exact) mass is 356 g/mol. The largest absolute Gasteiger partial charge is 0.573 e. The molecule has 0 aromatic heterocycles. The van der Waals surface area contributed by atoms with Crippen molar-refractivity contribution in [1.29, 1.82) is 0 Å². The minimum absolute atomic E-state index is 0.0865. The third kappa shape index (κ3) is 3.88. The number of benzene rings is 1. The summed E-state index contributed by atoms with van der Waals surface area (Å²) in [7, 11) is 0. The predicted octanol–water partition coefficient (Wildman–Crippen LogP) is 2.40. The van der Waals surface area contributed by atoms with Gasteiger partial charge >= 0.3 is 6.36 Å². The van der Waals surface area contributed by atoms with Crippen molar-refractivity contribution in [3.05, 3.63) is 29.8 Å². The van der Waals surface area contributed by atoms with E-state index in [4.69, 9.17) is 0 Å². The van der Waals surface area contributed by atoms with Crippen LogP contribution >= 0.6 is 0 Å². The summed E-state index contributed by atoms with van der Waals surface area (Å²) in [5.41, 5.74) is 0.415. The molecule has 0 bridgehead atoms. The average molecular weight is 356 g/mol. The van der Waals surface area contributed by atoms with E-state index >= 15 is 0 Å². The fourth-order valence-corrected chi connectivity index (χ4v) is 3.53. The first-order valence-corrected chi connectivity index (χ1v) is 8.12. The zero-order valence-corrected chi connectivity index (χ0v) is 13.7. The zero-order valence-electron chi connectivity index (χ0n) is 13.7. The molecule has 2 amide bonds. The summed E-state index contributed by atoms with van der Waals surface area (Å²) in [6, 6.07) is 5.27. The zero-order chi connectivity index (χ0) is 18.2. The average Bonchev–Trinajstić information content (AvgIpc) is 2.85. The molecule has 0 radical (unpaired) electrons. The highest BCUT2D eigenvalue weighted by molar-refractivity contribution is 5.97. The van der Waals surface area contributed by atoms with Gasteiger partial charge in [0.05, 0.1) is 6.42 Å². The van der Waals surface area contributed by atoms with Crippen LogP contribution in [0.5, 0.6) is 5.75 Å². The second-order valence-corrected chi connectivity index (χ2v) is 6.78. The van der Waals surface area contributed by atoms with Crippen molar-refractivity contribution in [3.8, 4) is 5.75 Å². The summed E-state index contributed by atoms with van der Waals surface area (Å²) in [4.78, 5) is 25.4. The maximum atomic E-state index is 12.6. The molecular formula is C17H19F3N2O3. The molecule has 136 valence electrons. The number of ether oxygens (including phenoxy) is 1. The van der Waals surface area contributed by atoms with Crippen molar-refractivity contribution in [2.75, 3.05) is 6.54 Å². The van der Waals surface area contributed by atoms with Gasteiger partial charge < -0.3 is 15.0 Å². The van der Waals surface area contributed by atoms with Gasteiger partial charge in [-0.2, -0.15) is 0 Å². The van der Waals surface area contributed by atoms with Crippen molar-refractivity contribution < 1.29 is 27.5 Å². The number of rotatable bonds is 4. The molecule has 0 spiro atoms. The molecule has 3 rings (SSSR count). The molecule has 2 aliphatic heterocycles. The number of carbonyl (C=O) groups excluding carboxylic acids is 2. The standard InChI is InChI=1S/C17H19F3N2O3/c1-16(7-2-8-22(16)15(24)13-9-14(23)21-13)10-11-3-5-12(6-4-11)25-17(18,19)20/h3-6,13H,2,7-10H2,1H3,(H,21,23). The summed E-state index contributed by atoms with van der Waals surface area (Å²) in [5.74, 6) is -0.478. The molecule has 2 fully saturated rings. The summed E-state index contributed by atoms with van der Waals surface area (Å²) < 4.78 is 40.5. The Balaban J connectivity index is 1.67. The molecular weight excluding hydrogens is 337 g/mol. The Kier molecular flexibility index (Phi) is 4.38. The van der Waals surface area contributed by atoms with E-state index in [1.165, 1.54) is 12.1 Å².